The molecular formula is C15H22N2O3S. The number of aryl methyl sites for hydroxylation is 1. The molecule has 0 aliphatic heterocycles. The number of amides is 1. The number of primary sulfonamides is 1. The van der Waals surface area contributed by atoms with Gasteiger partial charge in [-0.1, -0.05) is 13.8 Å². The highest BCUT2D eigenvalue weighted by molar-refractivity contribution is 7.89. The SMILES string of the molecule is Cc1cc(C(=O)NC2CCC(C)(C)C2)cc(S(N)(=O)=O)c1. The third-order valence-electron chi connectivity index (χ3n) is 3.95. The van der Waals surface area contributed by atoms with Gasteiger partial charge < -0.3 is 5.32 Å². The van der Waals surface area contributed by atoms with Crippen LogP contribution in [0.2, 0.25) is 0 Å². The molecule has 6 heteroatoms. The summed E-state index contributed by atoms with van der Waals surface area (Å²) in [5.74, 6) is -0.244. The van der Waals surface area contributed by atoms with Crippen LogP contribution >= 0.6 is 0 Å². The quantitative estimate of drug-likeness (QED) is 0.894. The van der Waals surface area contributed by atoms with E-state index in [0.717, 1.165) is 19.3 Å². The van der Waals surface area contributed by atoms with E-state index in [9.17, 15) is 13.2 Å². The van der Waals surface area contributed by atoms with Crippen LogP contribution in [0.15, 0.2) is 23.1 Å². The smallest absolute Gasteiger partial charge is 0.251 e. The number of hydrogen-bond acceptors (Lipinski definition) is 3. The lowest BCUT2D eigenvalue weighted by Gasteiger charge is -2.18. The van der Waals surface area contributed by atoms with Gasteiger partial charge in [0.25, 0.3) is 5.91 Å². The van der Waals surface area contributed by atoms with Gasteiger partial charge in [-0.3, -0.25) is 4.79 Å². The lowest BCUT2D eigenvalue weighted by molar-refractivity contribution is 0.0935. The van der Waals surface area contributed by atoms with E-state index in [1.165, 1.54) is 12.1 Å². The van der Waals surface area contributed by atoms with E-state index in [0.29, 0.717) is 11.1 Å². The fraction of sp³-hybridized carbons (Fsp3) is 0.533. The number of nitrogens with two attached hydrogens (primary N) is 1. The second kappa shape index (κ2) is 5.42. The zero-order valence-electron chi connectivity index (χ0n) is 12.6. The maximum atomic E-state index is 12.3. The Bertz CT molecular complexity index is 665. The lowest BCUT2D eigenvalue weighted by Crippen LogP contribution is -2.33. The molecule has 0 saturated heterocycles. The highest BCUT2D eigenvalue weighted by atomic mass is 32.2. The average molecular weight is 310 g/mol. The van der Waals surface area contributed by atoms with E-state index >= 15 is 0 Å². The molecule has 2 rings (SSSR count). The van der Waals surface area contributed by atoms with Crippen molar-refractivity contribution in [2.24, 2.45) is 10.6 Å². The van der Waals surface area contributed by atoms with Crippen molar-refractivity contribution in [3.63, 3.8) is 0 Å². The maximum absolute atomic E-state index is 12.3. The topological polar surface area (TPSA) is 89.3 Å². The number of rotatable bonds is 3. The average Bonchev–Trinajstić information content (AvgIpc) is 2.66. The molecule has 116 valence electrons. The summed E-state index contributed by atoms with van der Waals surface area (Å²) in [5, 5.41) is 8.12. The number of sulfonamides is 1. The Hall–Kier alpha value is -1.40. The monoisotopic (exact) mass is 310 g/mol. The summed E-state index contributed by atoms with van der Waals surface area (Å²) < 4.78 is 22.9. The molecule has 1 aliphatic carbocycles. The van der Waals surface area contributed by atoms with Crippen LogP contribution in [0.5, 0.6) is 0 Å². The van der Waals surface area contributed by atoms with Gasteiger partial charge in [-0.05, 0) is 55.4 Å². The number of hydrogen-bond donors (Lipinski definition) is 2. The van der Waals surface area contributed by atoms with Crippen molar-refractivity contribution < 1.29 is 13.2 Å². The highest BCUT2D eigenvalue weighted by Gasteiger charge is 2.31. The van der Waals surface area contributed by atoms with Crippen molar-refractivity contribution >= 4 is 15.9 Å². The Morgan fingerprint density at radius 1 is 1.33 bits per heavy atom. The molecule has 1 saturated carbocycles. The van der Waals surface area contributed by atoms with Crippen LogP contribution in [0.1, 0.15) is 49.0 Å². The first-order valence-corrected chi connectivity index (χ1v) is 8.57. The van der Waals surface area contributed by atoms with E-state index in [1.807, 2.05) is 0 Å². The lowest BCUT2D eigenvalue weighted by atomic mass is 9.92. The molecule has 1 amide bonds. The standard InChI is InChI=1S/C15H22N2O3S/c1-10-6-11(8-13(7-10)21(16,19)20)14(18)17-12-4-5-15(2,3)9-12/h6-8,12H,4-5,9H2,1-3H3,(H,17,18)(H2,16,19,20). The van der Waals surface area contributed by atoms with E-state index in [2.05, 4.69) is 19.2 Å². The van der Waals surface area contributed by atoms with Gasteiger partial charge in [-0.25, -0.2) is 13.6 Å². The first kappa shape index (κ1) is 16.0. The molecule has 0 radical (unpaired) electrons. The fourth-order valence-corrected chi connectivity index (χ4v) is 3.51. The Balaban J connectivity index is 2.18. The molecule has 1 aromatic rings. The van der Waals surface area contributed by atoms with Gasteiger partial charge in [0.15, 0.2) is 0 Å². The maximum Gasteiger partial charge on any atom is 0.251 e. The van der Waals surface area contributed by atoms with Crippen molar-refractivity contribution in [1.82, 2.24) is 5.32 Å². The molecule has 0 bridgehead atoms. The Morgan fingerprint density at radius 2 is 2.00 bits per heavy atom. The summed E-state index contributed by atoms with van der Waals surface area (Å²) in [7, 11) is -3.81. The zero-order chi connectivity index (χ0) is 15.8. The molecule has 0 aromatic heterocycles. The first-order valence-electron chi connectivity index (χ1n) is 7.02. The number of benzene rings is 1. The number of nitrogens with one attached hydrogen (secondary N) is 1. The predicted molar refractivity (Wildman–Crippen MR) is 81.4 cm³/mol. The fourth-order valence-electron chi connectivity index (χ4n) is 2.87. The van der Waals surface area contributed by atoms with Gasteiger partial charge in [-0.15, -0.1) is 0 Å². The molecule has 1 atom stereocenters. The molecule has 1 aliphatic rings. The van der Waals surface area contributed by atoms with Crippen molar-refractivity contribution in [3.8, 4) is 0 Å². The van der Waals surface area contributed by atoms with Crippen molar-refractivity contribution in [2.45, 2.75) is 51.0 Å². The van der Waals surface area contributed by atoms with E-state index < -0.39 is 10.0 Å². The minimum Gasteiger partial charge on any atom is -0.349 e. The molecule has 1 aromatic carbocycles. The second-order valence-electron chi connectivity index (χ2n) is 6.66. The highest BCUT2D eigenvalue weighted by Crippen LogP contribution is 2.37. The summed E-state index contributed by atoms with van der Waals surface area (Å²) in [6.45, 7) is 6.11. The van der Waals surface area contributed by atoms with Crippen LogP contribution in [0.3, 0.4) is 0 Å². The van der Waals surface area contributed by atoms with Crippen LogP contribution in [0.25, 0.3) is 0 Å². The molecule has 3 N–H and O–H groups in total. The predicted octanol–water partition coefficient (Wildman–Crippen LogP) is 1.95. The minimum absolute atomic E-state index is 0.0283. The second-order valence-corrected chi connectivity index (χ2v) is 8.22. The van der Waals surface area contributed by atoms with Gasteiger partial charge >= 0.3 is 0 Å². The van der Waals surface area contributed by atoms with Crippen molar-refractivity contribution in [2.75, 3.05) is 0 Å². The van der Waals surface area contributed by atoms with Crippen LogP contribution in [0, 0.1) is 12.3 Å². The van der Waals surface area contributed by atoms with E-state index in [-0.39, 0.29) is 22.3 Å². The largest absolute Gasteiger partial charge is 0.349 e. The first-order chi connectivity index (χ1) is 9.57. The van der Waals surface area contributed by atoms with E-state index in [1.54, 1.807) is 13.0 Å². The number of carbonyl (C=O) groups excluding carboxylic acids is 1. The van der Waals surface area contributed by atoms with Gasteiger partial charge in [0.1, 0.15) is 0 Å². The zero-order valence-corrected chi connectivity index (χ0v) is 13.5. The molecule has 5 nitrogen and oxygen atoms in total. The molecule has 1 unspecified atom stereocenters. The summed E-state index contributed by atoms with van der Waals surface area (Å²) in [6, 6.07) is 4.61. The normalized spacial score (nSPS) is 21.2. The van der Waals surface area contributed by atoms with Crippen LogP contribution < -0.4 is 10.5 Å². The van der Waals surface area contributed by atoms with Crippen molar-refractivity contribution in [1.29, 1.82) is 0 Å². The van der Waals surface area contributed by atoms with E-state index in [4.69, 9.17) is 5.14 Å². The summed E-state index contributed by atoms with van der Waals surface area (Å²) in [4.78, 5) is 12.3. The minimum atomic E-state index is -3.81. The molecule has 0 heterocycles. The van der Waals surface area contributed by atoms with Crippen molar-refractivity contribution in [3.05, 3.63) is 29.3 Å². The van der Waals surface area contributed by atoms with Gasteiger partial charge in [-0.2, -0.15) is 0 Å². The van der Waals surface area contributed by atoms with Crippen LogP contribution in [-0.2, 0) is 10.0 Å². The van der Waals surface area contributed by atoms with Gasteiger partial charge in [0.05, 0.1) is 4.90 Å². The summed E-state index contributed by atoms with van der Waals surface area (Å²) in [6.07, 6.45) is 2.97. The summed E-state index contributed by atoms with van der Waals surface area (Å²) >= 11 is 0. The Kier molecular flexibility index (Phi) is 4.13. The Morgan fingerprint density at radius 3 is 2.52 bits per heavy atom. The van der Waals surface area contributed by atoms with Gasteiger partial charge in [0, 0.05) is 11.6 Å². The van der Waals surface area contributed by atoms with Crippen LogP contribution in [0.4, 0.5) is 0 Å². The molecular weight excluding hydrogens is 288 g/mol. The molecule has 21 heavy (non-hydrogen) atoms. The molecule has 0 spiro atoms. The van der Waals surface area contributed by atoms with Crippen LogP contribution in [-0.4, -0.2) is 20.4 Å². The molecule has 1 fully saturated rings. The summed E-state index contributed by atoms with van der Waals surface area (Å²) in [5.41, 5.74) is 1.28. The van der Waals surface area contributed by atoms with Gasteiger partial charge in [0.2, 0.25) is 10.0 Å². The Labute approximate surface area is 126 Å². The number of carbonyl (C=O) groups is 1. The third-order valence-corrected chi connectivity index (χ3v) is 4.84. The third kappa shape index (κ3) is 4.04.